The molecule has 176 valence electrons. The first-order valence-electron chi connectivity index (χ1n) is 11.5. The van der Waals surface area contributed by atoms with Crippen molar-refractivity contribution in [2.75, 3.05) is 18.9 Å². The molecule has 8 heteroatoms. The summed E-state index contributed by atoms with van der Waals surface area (Å²) >= 11 is 0. The van der Waals surface area contributed by atoms with Crippen molar-refractivity contribution in [3.63, 3.8) is 0 Å². The van der Waals surface area contributed by atoms with Gasteiger partial charge < -0.3 is 15.2 Å². The van der Waals surface area contributed by atoms with Gasteiger partial charge >= 0.3 is 11.9 Å². The summed E-state index contributed by atoms with van der Waals surface area (Å²) in [7, 11) is 0. The van der Waals surface area contributed by atoms with Crippen LogP contribution in [0.25, 0.3) is 27.9 Å². The molecule has 0 amide bonds. The van der Waals surface area contributed by atoms with Gasteiger partial charge in [0, 0.05) is 5.69 Å². The first-order chi connectivity index (χ1) is 16.4. The number of para-hydroxylation sites is 2. The second-order valence-corrected chi connectivity index (χ2v) is 8.27. The topological polar surface area (TPSA) is 109 Å². The molecular weight excluding hydrogens is 432 g/mol. The molecule has 0 saturated carbocycles. The van der Waals surface area contributed by atoms with Crippen LogP contribution in [0, 0.1) is 5.92 Å². The quantitative estimate of drug-likeness (QED) is 0.371. The molecule has 0 radical (unpaired) electrons. The standard InChI is InChI=1S/C26H28N4O4/c1-4-14-33-25(31)17-10-12-18(13-11-17)30-23(27)21(26(32)34-15-16(3)5-2)22-24(30)29-20-9-7-6-8-19(20)28-22/h6-13,16H,4-5,14-15,27H2,1-3H3/t16-/m1/s1. The van der Waals surface area contributed by atoms with Gasteiger partial charge in [-0.15, -0.1) is 0 Å². The molecular formula is C26H28N4O4. The van der Waals surface area contributed by atoms with Gasteiger partial charge in [-0.05, 0) is 48.7 Å². The Morgan fingerprint density at radius 2 is 1.65 bits per heavy atom. The number of hydrogen-bond acceptors (Lipinski definition) is 7. The van der Waals surface area contributed by atoms with Crippen molar-refractivity contribution in [2.45, 2.75) is 33.6 Å². The van der Waals surface area contributed by atoms with Gasteiger partial charge in [-0.3, -0.25) is 4.57 Å². The summed E-state index contributed by atoms with van der Waals surface area (Å²) in [5.41, 5.74) is 9.89. The second-order valence-electron chi connectivity index (χ2n) is 8.27. The predicted molar refractivity (Wildman–Crippen MR) is 131 cm³/mol. The minimum Gasteiger partial charge on any atom is -0.462 e. The van der Waals surface area contributed by atoms with E-state index in [9.17, 15) is 9.59 Å². The second kappa shape index (κ2) is 9.91. The fourth-order valence-corrected chi connectivity index (χ4v) is 3.56. The lowest BCUT2D eigenvalue weighted by Gasteiger charge is -2.10. The van der Waals surface area contributed by atoms with Crippen molar-refractivity contribution < 1.29 is 19.1 Å². The number of carbonyl (C=O) groups excluding carboxylic acids is 2. The van der Waals surface area contributed by atoms with E-state index in [2.05, 4.69) is 0 Å². The average Bonchev–Trinajstić information content (AvgIpc) is 3.14. The van der Waals surface area contributed by atoms with Crippen LogP contribution in [0.5, 0.6) is 0 Å². The third-order valence-corrected chi connectivity index (χ3v) is 5.70. The highest BCUT2D eigenvalue weighted by Gasteiger charge is 2.26. The Labute approximate surface area is 197 Å². The van der Waals surface area contributed by atoms with Crippen molar-refractivity contribution in [1.29, 1.82) is 0 Å². The van der Waals surface area contributed by atoms with E-state index in [0.717, 1.165) is 12.8 Å². The van der Waals surface area contributed by atoms with E-state index in [0.29, 0.717) is 40.1 Å². The molecule has 0 bridgehead atoms. The fourth-order valence-electron chi connectivity index (χ4n) is 3.56. The van der Waals surface area contributed by atoms with Gasteiger partial charge in [0.05, 0.1) is 29.8 Å². The zero-order valence-electron chi connectivity index (χ0n) is 19.6. The number of rotatable bonds is 8. The number of nitrogens with zero attached hydrogens (tertiary/aromatic N) is 3. The molecule has 0 aliphatic carbocycles. The Morgan fingerprint density at radius 3 is 2.29 bits per heavy atom. The van der Waals surface area contributed by atoms with E-state index >= 15 is 0 Å². The Balaban J connectivity index is 1.83. The van der Waals surface area contributed by atoms with Crippen LogP contribution in [-0.4, -0.2) is 39.7 Å². The monoisotopic (exact) mass is 460 g/mol. The van der Waals surface area contributed by atoms with Gasteiger partial charge in [-0.2, -0.15) is 0 Å². The van der Waals surface area contributed by atoms with Crippen LogP contribution in [0.15, 0.2) is 48.5 Å². The molecule has 4 rings (SSSR count). The van der Waals surface area contributed by atoms with Crippen LogP contribution in [0.4, 0.5) is 5.82 Å². The molecule has 0 aliphatic heterocycles. The molecule has 0 aliphatic rings. The average molecular weight is 461 g/mol. The van der Waals surface area contributed by atoms with E-state index < -0.39 is 5.97 Å². The lowest BCUT2D eigenvalue weighted by molar-refractivity contribution is 0.0449. The van der Waals surface area contributed by atoms with Crippen LogP contribution in [0.1, 0.15) is 54.3 Å². The summed E-state index contributed by atoms with van der Waals surface area (Å²) in [5.74, 6) is -0.518. The molecule has 0 spiro atoms. The number of anilines is 1. The molecule has 0 unspecified atom stereocenters. The Bertz CT molecular complexity index is 1340. The van der Waals surface area contributed by atoms with Gasteiger partial charge in [0.1, 0.15) is 16.9 Å². The van der Waals surface area contributed by atoms with E-state index in [1.54, 1.807) is 28.8 Å². The lowest BCUT2D eigenvalue weighted by Crippen LogP contribution is -2.13. The highest BCUT2D eigenvalue weighted by molar-refractivity contribution is 6.09. The van der Waals surface area contributed by atoms with Gasteiger partial charge in [0.2, 0.25) is 0 Å². The van der Waals surface area contributed by atoms with Gasteiger partial charge in [0.25, 0.3) is 0 Å². The number of carbonyl (C=O) groups is 2. The lowest BCUT2D eigenvalue weighted by atomic mass is 10.1. The minimum absolute atomic E-state index is 0.181. The van der Waals surface area contributed by atoms with Crippen LogP contribution < -0.4 is 5.73 Å². The summed E-state index contributed by atoms with van der Waals surface area (Å²) < 4.78 is 12.4. The number of benzene rings is 2. The molecule has 0 saturated heterocycles. The maximum atomic E-state index is 13.1. The summed E-state index contributed by atoms with van der Waals surface area (Å²) in [6.07, 6.45) is 1.64. The highest BCUT2D eigenvalue weighted by Crippen LogP contribution is 2.31. The summed E-state index contributed by atoms with van der Waals surface area (Å²) in [6.45, 7) is 6.64. The Hall–Kier alpha value is -3.94. The van der Waals surface area contributed by atoms with Crippen molar-refractivity contribution >= 4 is 40.0 Å². The van der Waals surface area contributed by atoms with Crippen molar-refractivity contribution in [3.8, 4) is 5.69 Å². The van der Waals surface area contributed by atoms with Crippen LogP contribution in [-0.2, 0) is 9.47 Å². The molecule has 2 aromatic heterocycles. The molecule has 8 nitrogen and oxygen atoms in total. The largest absolute Gasteiger partial charge is 0.462 e. The van der Waals surface area contributed by atoms with Crippen molar-refractivity contribution in [3.05, 3.63) is 59.7 Å². The van der Waals surface area contributed by atoms with Crippen LogP contribution in [0.3, 0.4) is 0 Å². The first kappa shape index (κ1) is 23.2. The number of nitrogen functional groups attached to an aromatic ring is 1. The fraction of sp³-hybridized carbons (Fsp3) is 0.308. The Morgan fingerprint density at radius 1 is 0.971 bits per heavy atom. The van der Waals surface area contributed by atoms with Crippen molar-refractivity contribution in [1.82, 2.24) is 14.5 Å². The first-order valence-corrected chi connectivity index (χ1v) is 11.5. The number of hydrogen-bond donors (Lipinski definition) is 1. The van der Waals surface area contributed by atoms with Crippen LogP contribution >= 0.6 is 0 Å². The number of fused-ring (bicyclic) bond motifs is 2. The molecule has 2 heterocycles. The van der Waals surface area contributed by atoms with E-state index in [4.69, 9.17) is 25.2 Å². The minimum atomic E-state index is -0.536. The normalized spacial score (nSPS) is 12.1. The zero-order chi connectivity index (χ0) is 24.2. The van der Waals surface area contributed by atoms with E-state index in [1.807, 2.05) is 45.0 Å². The zero-order valence-corrected chi connectivity index (χ0v) is 19.6. The number of nitrogens with two attached hydrogens (primary N) is 1. The Kier molecular flexibility index (Phi) is 6.77. The molecule has 2 aromatic carbocycles. The maximum absolute atomic E-state index is 13.1. The molecule has 34 heavy (non-hydrogen) atoms. The molecule has 2 N–H and O–H groups in total. The van der Waals surface area contributed by atoms with Gasteiger partial charge in [-0.25, -0.2) is 19.6 Å². The molecule has 4 aromatic rings. The number of ether oxygens (including phenoxy) is 2. The summed E-state index contributed by atoms with van der Waals surface area (Å²) in [5, 5.41) is 0. The number of aromatic nitrogens is 3. The van der Waals surface area contributed by atoms with Gasteiger partial charge in [0.15, 0.2) is 5.65 Å². The van der Waals surface area contributed by atoms with Gasteiger partial charge in [-0.1, -0.05) is 39.3 Å². The smallest absolute Gasteiger partial charge is 0.344 e. The van der Waals surface area contributed by atoms with E-state index in [1.165, 1.54) is 0 Å². The van der Waals surface area contributed by atoms with Crippen molar-refractivity contribution in [2.24, 2.45) is 5.92 Å². The molecule has 1 atom stereocenters. The SMILES string of the molecule is CCCOC(=O)c1ccc(-n2c(N)c(C(=O)OC[C@H](C)CC)c3nc4ccccc4nc32)cc1. The summed E-state index contributed by atoms with van der Waals surface area (Å²) in [4.78, 5) is 34.7. The van der Waals surface area contributed by atoms with E-state index in [-0.39, 0.29) is 29.9 Å². The third kappa shape index (κ3) is 4.44. The van der Waals surface area contributed by atoms with Crippen LogP contribution in [0.2, 0.25) is 0 Å². The number of esters is 2. The molecule has 0 fully saturated rings. The predicted octanol–water partition coefficient (Wildman–Crippen LogP) is 4.93. The summed E-state index contributed by atoms with van der Waals surface area (Å²) in [6, 6.07) is 14.2. The third-order valence-electron chi connectivity index (χ3n) is 5.70. The highest BCUT2D eigenvalue weighted by atomic mass is 16.5. The maximum Gasteiger partial charge on any atom is 0.344 e.